The minimum atomic E-state index is -0.773. The van der Waals surface area contributed by atoms with E-state index < -0.39 is 6.10 Å². The molecule has 0 N–H and O–H groups in total. The molecule has 73 heavy (non-hydrogen) atoms. The van der Waals surface area contributed by atoms with E-state index in [4.69, 9.17) is 14.2 Å². The van der Waals surface area contributed by atoms with Gasteiger partial charge < -0.3 is 14.2 Å². The van der Waals surface area contributed by atoms with Crippen LogP contribution in [-0.2, 0) is 28.6 Å². The van der Waals surface area contributed by atoms with Crippen LogP contribution in [0.2, 0.25) is 0 Å². The monoisotopic (exact) mass is 1020 g/mol. The van der Waals surface area contributed by atoms with Gasteiger partial charge in [0, 0.05) is 19.3 Å². The molecular formula is C67H120O6. The molecule has 0 aliphatic heterocycles. The van der Waals surface area contributed by atoms with Crippen molar-refractivity contribution in [2.45, 2.75) is 335 Å². The highest BCUT2D eigenvalue weighted by atomic mass is 16.6. The van der Waals surface area contributed by atoms with Crippen LogP contribution in [0, 0.1) is 0 Å². The summed E-state index contributed by atoms with van der Waals surface area (Å²) in [6, 6.07) is 0. The number of esters is 3. The highest BCUT2D eigenvalue weighted by Gasteiger charge is 2.19. The van der Waals surface area contributed by atoms with Crippen LogP contribution in [0.3, 0.4) is 0 Å². The highest BCUT2D eigenvalue weighted by Crippen LogP contribution is 2.17. The number of hydrogen-bond donors (Lipinski definition) is 0. The fourth-order valence-electron chi connectivity index (χ4n) is 9.25. The number of ether oxygens (including phenoxy) is 3. The Kier molecular flexibility index (Phi) is 59.2. The first-order valence-electron chi connectivity index (χ1n) is 31.8. The second-order valence-corrected chi connectivity index (χ2v) is 21.3. The summed E-state index contributed by atoms with van der Waals surface area (Å²) in [4.78, 5) is 38.1. The third kappa shape index (κ3) is 59.9. The van der Waals surface area contributed by atoms with Crippen molar-refractivity contribution in [1.29, 1.82) is 0 Å². The second kappa shape index (κ2) is 61.7. The zero-order valence-electron chi connectivity index (χ0n) is 48.7. The lowest BCUT2D eigenvalue weighted by atomic mass is 10.0. The van der Waals surface area contributed by atoms with Crippen molar-refractivity contribution in [3.05, 3.63) is 60.8 Å². The standard InChI is InChI=1S/C67H120O6/c1-4-7-10-13-16-19-21-23-25-27-28-29-30-31-32-33-34-35-36-37-38-39-40-41-43-44-46-48-51-54-57-60-66(69)72-63-64(62-71-65(68)59-56-53-50-18-15-12-9-6-3)73-67(70)61-58-55-52-49-47-45-42-26-24-22-20-17-14-11-8-5-2/h7,10,16,19,23,25-26,28-29,42,64H,4-6,8-9,11-15,17-18,20-22,24,27,30-41,43-63H2,1-3H3/b10-7-,19-16-,25-23-,29-28-,42-26-. The predicted octanol–water partition coefficient (Wildman–Crippen LogP) is 21.6. The van der Waals surface area contributed by atoms with Crippen molar-refractivity contribution in [3.8, 4) is 0 Å². The van der Waals surface area contributed by atoms with Crippen LogP contribution in [0.5, 0.6) is 0 Å². The van der Waals surface area contributed by atoms with E-state index >= 15 is 0 Å². The first-order valence-corrected chi connectivity index (χ1v) is 31.8. The number of rotatable bonds is 58. The summed E-state index contributed by atoms with van der Waals surface area (Å²) < 4.78 is 16.8. The van der Waals surface area contributed by atoms with Gasteiger partial charge in [0.25, 0.3) is 0 Å². The summed E-state index contributed by atoms with van der Waals surface area (Å²) in [6.07, 6.45) is 78.3. The fourth-order valence-corrected chi connectivity index (χ4v) is 9.25. The van der Waals surface area contributed by atoms with Crippen molar-refractivity contribution < 1.29 is 28.6 Å². The van der Waals surface area contributed by atoms with Crippen LogP contribution in [0.25, 0.3) is 0 Å². The molecule has 1 atom stereocenters. The van der Waals surface area contributed by atoms with Gasteiger partial charge in [0.1, 0.15) is 13.2 Å². The lowest BCUT2D eigenvalue weighted by Gasteiger charge is -2.18. The van der Waals surface area contributed by atoms with Gasteiger partial charge in [-0.05, 0) is 83.5 Å². The molecule has 0 amide bonds. The molecule has 0 aromatic heterocycles. The molecule has 424 valence electrons. The molecule has 0 fully saturated rings. The van der Waals surface area contributed by atoms with Crippen LogP contribution in [0.1, 0.15) is 329 Å². The summed E-state index contributed by atoms with van der Waals surface area (Å²) >= 11 is 0. The quantitative estimate of drug-likeness (QED) is 0.0261. The minimum Gasteiger partial charge on any atom is -0.462 e. The Labute approximate surface area is 453 Å². The summed E-state index contributed by atoms with van der Waals surface area (Å²) in [7, 11) is 0. The van der Waals surface area contributed by atoms with E-state index in [0.717, 1.165) is 89.9 Å². The lowest BCUT2D eigenvalue weighted by molar-refractivity contribution is -0.167. The Morgan fingerprint density at radius 3 is 0.849 bits per heavy atom. The average molecular weight is 1020 g/mol. The van der Waals surface area contributed by atoms with Gasteiger partial charge in [-0.1, -0.05) is 287 Å². The average Bonchev–Trinajstić information content (AvgIpc) is 3.39. The van der Waals surface area contributed by atoms with Crippen molar-refractivity contribution in [2.24, 2.45) is 0 Å². The molecule has 0 rings (SSSR count). The molecular weight excluding hydrogens is 901 g/mol. The van der Waals surface area contributed by atoms with E-state index in [9.17, 15) is 14.4 Å². The first kappa shape index (κ1) is 70.1. The zero-order chi connectivity index (χ0) is 52.9. The summed E-state index contributed by atoms with van der Waals surface area (Å²) in [5.74, 6) is -0.869. The van der Waals surface area contributed by atoms with Crippen molar-refractivity contribution in [1.82, 2.24) is 0 Å². The number of allylic oxidation sites excluding steroid dienone is 10. The number of hydrogen-bond acceptors (Lipinski definition) is 6. The number of unbranched alkanes of at least 4 members (excludes halogenated alkanes) is 37. The Balaban J connectivity index is 4.05. The van der Waals surface area contributed by atoms with E-state index in [1.54, 1.807) is 0 Å². The Bertz CT molecular complexity index is 1310. The van der Waals surface area contributed by atoms with Crippen molar-refractivity contribution in [2.75, 3.05) is 13.2 Å². The van der Waals surface area contributed by atoms with Crippen LogP contribution in [0.4, 0.5) is 0 Å². The van der Waals surface area contributed by atoms with Crippen molar-refractivity contribution in [3.63, 3.8) is 0 Å². The highest BCUT2D eigenvalue weighted by molar-refractivity contribution is 5.71. The summed E-state index contributed by atoms with van der Waals surface area (Å²) in [6.45, 7) is 6.53. The molecule has 0 saturated heterocycles. The van der Waals surface area contributed by atoms with Gasteiger partial charge in [-0.25, -0.2) is 0 Å². The Morgan fingerprint density at radius 1 is 0.288 bits per heavy atom. The molecule has 0 aliphatic rings. The smallest absolute Gasteiger partial charge is 0.306 e. The Hall–Kier alpha value is -2.89. The van der Waals surface area contributed by atoms with E-state index in [1.807, 2.05) is 0 Å². The maximum absolute atomic E-state index is 12.8. The van der Waals surface area contributed by atoms with E-state index in [0.29, 0.717) is 19.3 Å². The van der Waals surface area contributed by atoms with E-state index in [1.165, 1.54) is 199 Å². The molecule has 0 aromatic rings. The van der Waals surface area contributed by atoms with Gasteiger partial charge in [-0.2, -0.15) is 0 Å². The van der Waals surface area contributed by atoms with Crippen LogP contribution < -0.4 is 0 Å². The number of carbonyl (C=O) groups excluding carboxylic acids is 3. The third-order valence-electron chi connectivity index (χ3n) is 14.0. The molecule has 1 unspecified atom stereocenters. The largest absolute Gasteiger partial charge is 0.462 e. The molecule has 6 heteroatoms. The maximum atomic E-state index is 12.8. The topological polar surface area (TPSA) is 78.9 Å². The van der Waals surface area contributed by atoms with Crippen molar-refractivity contribution >= 4 is 17.9 Å². The van der Waals surface area contributed by atoms with Gasteiger partial charge in [0.05, 0.1) is 0 Å². The predicted molar refractivity (Wildman–Crippen MR) is 316 cm³/mol. The zero-order valence-corrected chi connectivity index (χ0v) is 48.7. The lowest BCUT2D eigenvalue weighted by Crippen LogP contribution is -2.30. The molecule has 0 aliphatic carbocycles. The van der Waals surface area contributed by atoms with Gasteiger partial charge in [-0.15, -0.1) is 0 Å². The molecule has 0 heterocycles. The molecule has 0 aromatic carbocycles. The third-order valence-corrected chi connectivity index (χ3v) is 14.0. The summed E-state index contributed by atoms with van der Waals surface area (Å²) in [5.41, 5.74) is 0. The maximum Gasteiger partial charge on any atom is 0.306 e. The normalized spacial score (nSPS) is 12.4. The van der Waals surface area contributed by atoms with Crippen LogP contribution in [-0.4, -0.2) is 37.2 Å². The SMILES string of the molecule is CC/C=C\C/C=C\C/C=C\C/C=C\CCCCCCCCCCCCCCCCCCCCC(=O)OCC(COC(=O)CCCCCCCCCC)OC(=O)CCCCCCC/C=C\CCCCCCCCC. The fraction of sp³-hybridized carbons (Fsp3) is 0.806. The molecule has 0 spiro atoms. The molecule has 0 bridgehead atoms. The Morgan fingerprint density at radius 2 is 0.534 bits per heavy atom. The van der Waals surface area contributed by atoms with Gasteiger partial charge in [0.2, 0.25) is 0 Å². The summed E-state index contributed by atoms with van der Waals surface area (Å²) in [5, 5.41) is 0. The van der Waals surface area contributed by atoms with Crippen LogP contribution in [0.15, 0.2) is 60.8 Å². The van der Waals surface area contributed by atoms with Crippen LogP contribution >= 0.6 is 0 Å². The molecule has 0 saturated carbocycles. The molecule has 6 nitrogen and oxygen atoms in total. The first-order chi connectivity index (χ1) is 36.0. The molecule has 0 radical (unpaired) electrons. The van der Waals surface area contributed by atoms with Gasteiger partial charge >= 0.3 is 17.9 Å². The van der Waals surface area contributed by atoms with Gasteiger partial charge in [0.15, 0.2) is 6.10 Å². The van der Waals surface area contributed by atoms with E-state index in [-0.39, 0.29) is 31.1 Å². The number of carbonyl (C=O) groups is 3. The van der Waals surface area contributed by atoms with Gasteiger partial charge in [-0.3, -0.25) is 14.4 Å². The minimum absolute atomic E-state index is 0.0727. The second-order valence-electron chi connectivity index (χ2n) is 21.3. The van der Waals surface area contributed by atoms with E-state index in [2.05, 4.69) is 81.5 Å².